The molecule has 2 aromatic rings. The van der Waals surface area contributed by atoms with Crippen molar-refractivity contribution in [3.63, 3.8) is 0 Å². The van der Waals surface area contributed by atoms with Gasteiger partial charge in [0, 0.05) is 31.5 Å². The lowest BCUT2D eigenvalue weighted by atomic mass is 9.99. The molecule has 6 nitrogen and oxygen atoms in total. The molecular weight excluding hydrogens is 328 g/mol. The minimum atomic E-state index is 0.0220. The number of hydrogen-bond acceptors (Lipinski definition) is 3. The van der Waals surface area contributed by atoms with Gasteiger partial charge >= 0.3 is 6.03 Å². The topological polar surface area (TPSA) is 59.4 Å². The minimum Gasteiger partial charge on any atom is -0.492 e. The predicted molar refractivity (Wildman–Crippen MR) is 101 cm³/mol. The highest BCUT2D eigenvalue weighted by molar-refractivity contribution is 5.74. The number of carbonyl (C=O) groups excluding carboxylic acids is 1. The molecule has 1 N–H and O–H groups in total. The lowest BCUT2D eigenvalue weighted by Gasteiger charge is -2.36. The molecule has 1 aliphatic rings. The van der Waals surface area contributed by atoms with Crippen LogP contribution < -0.4 is 10.1 Å². The number of urea groups is 1. The summed E-state index contributed by atoms with van der Waals surface area (Å²) in [7, 11) is 0. The molecule has 0 radical (unpaired) electrons. The maximum atomic E-state index is 12.6. The third-order valence-electron chi connectivity index (χ3n) is 4.91. The van der Waals surface area contributed by atoms with Gasteiger partial charge in [-0.15, -0.1) is 0 Å². The van der Waals surface area contributed by atoms with Crippen molar-refractivity contribution in [2.75, 3.05) is 19.7 Å². The first-order chi connectivity index (χ1) is 12.7. The van der Waals surface area contributed by atoms with Gasteiger partial charge in [0.1, 0.15) is 18.2 Å². The van der Waals surface area contributed by atoms with Crippen LogP contribution in [-0.2, 0) is 6.54 Å². The number of nitrogens with zero attached hydrogens (tertiary/aromatic N) is 3. The Morgan fingerprint density at radius 3 is 2.92 bits per heavy atom. The summed E-state index contributed by atoms with van der Waals surface area (Å²) in [6.45, 7) is 4.73. The van der Waals surface area contributed by atoms with Crippen LogP contribution in [0.2, 0.25) is 0 Å². The van der Waals surface area contributed by atoms with Crippen molar-refractivity contribution in [2.45, 2.75) is 45.2 Å². The van der Waals surface area contributed by atoms with Crippen molar-refractivity contribution in [2.24, 2.45) is 0 Å². The normalized spacial score (nSPS) is 17.1. The first kappa shape index (κ1) is 18.3. The summed E-state index contributed by atoms with van der Waals surface area (Å²) >= 11 is 0. The molecule has 0 spiro atoms. The van der Waals surface area contributed by atoms with Gasteiger partial charge in [-0.2, -0.15) is 0 Å². The zero-order valence-corrected chi connectivity index (χ0v) is 15.4. The number of piperidine rings is 1. The van der Waals surface area contributed by atoms with Crippen LogP contribution in [0, 0.1) is 6.92 Å². The number of rotatable bonds is 7. The molecule has 0 saturated carbocycles. The van der Waals surface area contributed by atoms with Gasteiger partial charge in [0.25, 0.3) is 0 Å². The lowest BCUT2D eigenvalue weighted by Crippen LogP contribution is -2.49. The summed E-state index contributed by atoms with van der Waals surface area (Å²) in [4.78, 5) is 18.9. The number of imidazole rings is 1. The van der Waals surface area contributed by atoms with E-state index in [-0.39, 0.29) is 6.03 Å². The van der Waals surface area contributed by atoms with Crippen LogP contribution in [-0.4, -0.2) is 46.2 Å². The molecule has 26 heavy (non-hydrogen) atoms. The Balaban J connectivity index is 1.44. The summed E-state index contributed by atoms with van der Waals surface area (Å²) < 4.78 is 7.79. The molecule has 3 rings (SSSR count). The number of likely N-dealkylation sites (tertiary alicyclic amines) is 1. The van der Waals surface area contributed by atoms with E-state index in [4.69, 9.17) is 4.74 Å². The van der Waals surface area contributed by atoms with Crippen molar-refractivity contribution >= 4 is 6.03 Å². The van der Waals surface area contributed by atoms with Crippen molar-refractivity contribution < 1.29 is 9.53 Å². The third-order valence-corrected chi connectivity index (χ3v) is 4.91. The van der Waals surface area contributed by atoms with E-state index in [0.29, 0.717) is 19.2 Å². The largest absolute Gasteiger partial charge is 0.492 e. The SMILES string of the molecule is Cc1nccn1CCC1CCCCN1C(=O)NCCOc1ccccc1. The van der Waals surface area contributed by atoms with Gasteiger partial charge < -0.3 is 19.5 Å². The number of aromatic nitrogens is 2. The van der Waals surface area contributed by atoms with E-state index >= 15 is 0 Å². The fourth-order valence-corrected chi connectivity index (χ4v) is 3.44. The molecule has 1 aliphatic heterocycles. The average Bonchev–Trinajstić information content (AvgIpc) is 3.09. The molecule has 1 saturated heterocycles. The number of carbonyl (C=O) groups is 1. The van der Waals surface area contributed by atoms with E-state index in [9.17, 15) is 4.79 Å². The van der Waals surface area contributed by atoms with Gasteiger partial charge in [0.15, 0.2) is 0 Å². The minimum absolute atomic E-state index is 0.0220. The second-order valence-corrected chi connectivity index (χ2v) is 6.69. The van der Waals surface area contributed by atoms with Crippen LogP contribution in [0.15, 0.2) is 42.7 Å². The second kappa shape index (κ2) is 9.27. The number of hydrogen-bond donors (Lipinski definition) is 1. The van der Waals surface area contributed by atoms with Crippen LogP contribution in [0.3, 0.4) is 0 Å². The summed E-state index contributed by atoms with van der Waals surface area (Å²) in [6.07, 6.45) is 8.13. The van der Waals surface area contributed by atoms with Crippen LogP contribution in [0.25, 0.3) is 0 Å². The molecule has 1 atom stereocenters. The standard InChI is InChI=1S/C20H28N4O2/c1-17-21-11-15-23(17)14-10-18-7-5-6-13-24(18)20(25)22-12-16-26-19-8-3-2-4-9-19/h2-4,8-9,11,15,18H,5-7,10,12-14,16H2,1H3,(H,22,25). The smallest absolute Gasteiger partial charge is 0.317 e. The maximum Gasteiger partial charge on any atom is 0.317 e. The molecule has 2 heterocycles. The number of para-hydroxylation sites is 1. The van der Waals surface area contributed by atoms with E-state index in [0.717, 1.165) is 43.9 Å². The van der Waals surface area contributed by atoms with E-state index in [1.807, 2.05) is 54.5 Å². The van der Waals surface area contributed by atoms with Gasteiger partial charge in [0.2, 0.25) is 0 Å². The summed E-state index contributed by atoms with van der Waals surface area (Å²) in [5.74, 6) is 1.85. The Morgan fingerprint density at radius 1 is 1.31 bits per heavy atom. The van der Waals surface area contributed by atoms with Gasteiger partial charge in [-0.25, -0.2) is 9.78 Å². The van der Waals surface area contributed by atoms with E-state index in [1.54, 1.807) is 0 Å². The Hall–Kier alpha value is -2.50. The van der Waals surface area contributed by atoms with Gasteiger partial charge in [0.05, 0.1) is 6.54 Å². The van der Waals surface area contributed by atoms with Crippen LogP contribution in [0.1, 0.15) is 31.5 Å². The molecule has 1 aromatic heterocycles. The predicted octanol–water partition coefficient (Wildman–Crippen LogP) is 3.22. The van der Waals surface area contributed by atoms with Crippen LogP contribution in [0.4, 0.5) is 4.79 Å². The summed E-state index contributed by atoms with van der Waals surface area (Å²) in [6, 6.07) is 9.98. The fraction of sp³-hybridized carbons (Fsp3) is 0.500. The van der Waals surface area contributed by atoms with Crippen molar-refractivity contribution in [1.82, 2.24) is 19.8 Å². The van der Waals surface area contributed by atoms with E-state index < -0.39 is 0 Å². The molecule has 1 unspecified atom stereocenters. The highest BCUT2D eigenvalue weighted by Crippen LogP contribution is 2.20. The Labute approximate surface area is 155 Å². The molecule has 140 valence electrons. The molecule has 1 aromatic carbocycles. The Kier molecular flexibility index (Phi) is 6.52. The summed E-state index contributed by atoms with van der Waals surface area (Å²) in [5.41, 5.74) is 0. The van der Waals surface area contributed by atoms with Gasteiger partial charge in [-0.3, -0.25) is 0 Å². The molecule has 0 bridgehead atoms. The monoisotopic (exact) mass is 356 g/mol. The number of ether oxygens (including phenoxy) is 1. The Morgan fingerprint density at radius 2 is 2.15 bits per heavy atom. The molecule has 2 amide bonds. The van der Waals surface area contributed by atoms with Crippen molar-refractivity contribution in [3.8, 4) is 5.75 Å². The van der Waals surface area contributed by atoms with Gasteiger partial charge in [-0.05, 0) is 44.7 Å². The zero-order valence-electron chi connectivity index (χ0n) is 15.4. The number of nitrogens with one attached hydrogen (secondary N) is 1. The second-order valence-electron chi connectivity index (χ2n) is 6.69. The number of amides is 2. The highest BCUT2D eigenvalue weighted by atomic mass is 16.5. The summed E-state index contributed by atoms with van der Waals surface area (Å²) in [5, 5.41) is 3.00. The molecule has 0 aliphatic carbocycles. The molecular formula is C20H28N4O2. The van der Waals surface area contributed by atoms with Crippen molar-refractivity contribution in [3.05, 3.63) is 48.5 Å². The highest BCUT2D eigenvalue weighted by Gasteiger charge is 2.26. The molecule has 6 heteroatoms. The zero-order chi connectivity index (χ0) is 18.2. The van der Waals surface area contributed by atoms with Crippen molar-refractivity contribution in [1.29, 1.82) is 0 Å². The quantitative estimate of drug-likeness (QED) is 0.775. The van der Waals surface area contributed by atoms with E-state index in [2.05, 4.69) is 14.9 Å². The first-order valence-electron chi connectivity index (χ1n) is 9.44. The average molecular weight is 356 g/mol. The van der Waals surface area contributed by atoms with E-state index in [1.165, 1.54) is 6.42 Å². The third kappa shape index (κ3) is 5.00. The number of benzene rings is 1. The first-order valence-corrected chi connectivity index (χ1v) is 9.44. The van der Waals surface area contributed by atoms with Crippen LogP contribution in [0.5, 0.6) is 5.75 Å². The maximum absolute atomic E-state index is 12.6. The van der Waals surface area contributed by atoms with Gasteiger partial charge in [-0.1, -0.05) is 18.2 Å². The van der Waals surface area contributed by atoms with Crippen LogP contribution >= 0.6 is 0 Å². The lowest BCUT2D eigenvalue weighted by molar-refractivity contribution is 0.142. The Bertz CT molecular complexity index is 686. The number of aryl methyl sites for hydroxylation is 2. The fourth-order valence-electron chi connectivity index (χ4n) is 3.44. The molecule has 1 fully saturated rings.